The van der Waals surface area contributed by atoms with Crippen molar-refractivity contribution in [1.29, 1.82) is 0 Å². The monoisotopic (exact) mass is 282 g/mol. The number of carbonyl (C=O) groups excluding carboxylic acids is 2. The Labute approximate surface area is 121 Å². The first kappa shape index (κ1) is 16.7. The number of carbonyl (C=O) groups is 2. The maximum Gasteiger partial charge on any atom is 0.348 e. The van der Waals surface area contributed by atoms with Gasteiger partial charge in [0, 0.05) is 24.2 Å². The maximum atomic E-state index is 12.2. The molecule has 0 aromatic heterocycles. The minimum absolute atomic E-state index is 0.0509. The summed E-state index contributed by atoms with van der Waals surface area (Å²) in [5, 5.41) is 0. The molecule has 0 spiro atoms. The predicted octanol–water partition coefficient (Wildman–Crippen LogP) is 3.11. The minimum Gasteiger partial charge on any atom is -0.458 e. The van der Waals surface area contributed by atoms with Crippen molar-refractivity contribution in [1.82, 2.24) is 0 Å². The van der Waals surface area contributed by atoms with Gasteiger partial charge in [-0.25, -0.2) is 4.79 Å². The molecule has 20 heavy (non-hydrogen) atoms. The molecule has 1 saturated carbocycles. The van der Waals surface area contributed by atoms with Gasteiger partial charge in [0.15, 0.2) is 0 Å². The van der Waals surface area contributed by atoms with Crippen LogP contribution in [0.5, 0.6) is 0 Å². The van der Waals surface area contributed by atoms with Crippen LogP contribution in [0.2, 0.25) is 0 Å². The molecule has 3 atom stereocenters. The van der Waals surface area contributed by atoms with Gasteiger partial charge in [-0.1, -0.05) is 39.3 Å². The van der Waals surface area contributed by atoms with E-state index in [1.54, 1.807) is 0 Å². The first-order valence-electron chi connectivity index (χ1n) is 7.10. The zero-order valence-corrected chi connectivity index (χ0v) is 13.5. The Kier molecular flexibility index (Phi) is 5.00. The molecule has 0 aromatic rings. The molecular weight excluding hydrogens is 256 g/mol. The Morgan fingerprint density at radius 2 is 1.70 bits per heavy atom. The van der Waals surface area contributed by atoms with Crippen LogP contribution in [0.4, 0.5) is 0 Å². The molecule has 0 N–H and O–H groups in total. The van der Waals surface area contributed by atoms with Gasteiger partial charge in [0.1, 0.15) is 6.10 Å². The molecule has 0 heterocycles. The topological polar surface area (TPSA) is 52.6 Å². The lowest BCUT2D eigenvalue weighted by atomic mass is 10.1. The highest BCUT2D eigenvalue weighted by Crippen LogP contribution is 2.55. The van der Waals surface area contributed by atoms with E-state index in [9.17, 15) is 9.59 Å². The number of allylic oxidation sites excluding steroid dienone is 1. The lowest BCUT2D eigenvalue weighted by Crippen LogP contribution is -2.34. The molecule has 3 unspecified atom stereocenters. The maximum absolute atomic E-state index is 12.2. The summed E-state index contributed by atoms with van der Waals surface area (Å²) < 4.78 is 10.6. The summed E-state index contributed by atoms with van der Waals surface area (Å²) in [6.45, 7) is 13.2. The smallest absolute Gasteiger partial charge is 0.348 e. The van der Waals surface area contributed by atoms with Crippen molar-refractivity contribution in [3.8, 4) is 0 Å². The Hall–Kier alpha value is -1.32. The van der Waals surface area contributed by atoms with Crippen molar-refractivity contribution >= 4 is 11.9 Å². The van der Waals surface area contributed by atoms with Gasteiger partial charge in [0.2, 0.25) is 6.10 Å². The van der Waals surface area contributed by atoms with Crippen LogP contribution >= 0.6 is 0 Å². The van der Waals surface area contributed by atoms with Gasteiger partial charge in [0.25, 0.3) is 0 Å². The van der Waals surface area contributed by atoms with Crippen molar-refractivity contribution in [2.45, 2.75) is 60.7 Å². The van der Waals surface area contributed by atoms with E-state index >= 15 is 0 Å². The fourth-order valence-corrected chi connectivity index (χ4v) is 2.34. The predicted molar refractivity (Wildman–Crippen MR) is 77.0 cm³/mol. The van der Waals surface area contributed by atoms with Crippen LogP contribution in [0.1, 0.15) is 48.5 Å². The fraction of sp³-hybridized carbons (Fsp3) is 0.750. The molecule has 0 aromatic carbocycles. The first-order chi connectivity index (χ1) is 9.07. The molecule has 1 fully saturated rings. The van der Waals surface area contributed by atoms with Gasteiger partial charge in [-0.15, -0.1) is 0 Å². The van der Waals surface area contributed by atoms with Crippen LogP contribution in [-0.4, -0.2) is 24.1 Å². The molecule has 1 rings (SSSR count). The van der Waals surface area contributed by atoms with Gasteiger partial charge in [0.05, 0.1) is 0 Å². The van der Waals surface area contributed by atoms with E-state index in [0.717, 1.165) is 0 Å². The van der Waals surface area contributed by atoms with Gasteiger partial charge < -0.3 is 9.47 Å². The Bertz CT molecular complexity index is 416. The van der Waals surface area contributed by atoms with E-state index < -0.39 is 18.0 Å². The molecule has 0 radical (unpaired) electrons. The number of ether oxygens (including phenoxy) is 2. The Morgan fingerprint density at radius 3 is 2.10 bits per heavy atom. The number of esters is 2. The van der Waals surface area contributed by atoms with Crippen LogP contribution in [-0.2, 0) is 19.1 Å². The van der Waals surface area contributed by atoms with Crippen molar-refractivity contribution in [3.05, 3.63) is 11.6 Å². The summed E-state index contributed by atoms with van der Waals surface area (Å²) in [6, 6.07) is 0. The highest BCUT2D eigenvalue weighted by molar-refractivity contribution is 5.79. The molecule has 4 nitrogen and oxygen atoms in total. The van der Waals surface area contributed by atoms with Crippen molar-refractivity contribution in [3.63, 3.8) is 0 Å². The number of rotatable bonds is 5. The number of hydrogen-bond donors (Lipinski definition) is 0. The zero-order valence-electron chi connectivity index (χ0n) is 13.5. The first-order valence-corrected chi connectivity index (χ1v) is 7.10. The summed E-state index contributed by atoms with van der Waals surface area (Å²) in [6.07, 6.45) is 1.17. The third-order valence-corrected chi connectivity index (χ3v) is 3.70. The molecule has 1 aliphatic carbocycles. The molecule has 0 aliphatic heterocycles. The van der Waals surface area contributed by atoms with Crippen molar-refractivity contribution < 1.29 is 19.1 Å². The molecular formula is C16H26O4. The average Bonchev–Trinajstić information content (AvgIpc) is 2.75. The highest BCUT2D eigenvalue weighted by Gasteiger charge is 2.60. The minimum atomic E-state index is -0.823. The van der Waals surface area contributed by atoms with Crippen LogP contribution in [0.15, 0.2) is 11.6 Å². The second-order valence-corrected chi connectivity index (χ2v) is 6.72. The van der Waals surface area contributed by atoms with Crippen molar-refractivity contribution in [2.24, 2.45) is 17.3 Å². The number of hydrogen-bond acceptors (Lipinski definition) is 4. The zero-order chi connectivity index (χ0) is 15.7. The molecule has 114 valence electrons. The third-order valence-electron chi connectivity index (χ3n) is 3.70. The Balaban J connectivity index is 2.70. The second kappa shape index (κ2) is 5.98. The average molecular weight is 282 g/mol. The van der Waals surface area contributed by atoms with Crippen LogP contribution in [0.3, 0.4) is 0 Å². The molecule has 0 amide bonds. The molecule has 0 saturated heterocycles. The summed E-state index contributed by atoms with van der Waals surface area (Å²) >= 11 is 0. The summed E-state index contributed by atoms with van der Waals surface area (Å²) in [7, 11) is 0. The quantitative estimate of drug-likeness (QED) is 0.574. The fourth-order valence-electron chi connectivity index (χ4n) is 2.34. The summed E-state index contributed by atoms with van der Waals surface area (Å²) in [5.41, 5.74) is 1.16. The van der Waals surface area contributed by atoms with Gasteiger partial charge in [-0.05, 0) is 13.8 Å². The van der Waals surface area contributed by atoms with Gasteiger partial charge >= 0.3 is 11.9 Å². The van der Waals surface area contributed by atoms with E-state index in [1.165, 1.54) is 12.5 Å². The van der Waals surface area contributed by atoms with Crippen molar-refractivity contribution in [2.75, 3.05) is 0 Å². The summed E-state index contributed by atoms with van der Waals surface area (Å²) in [5.74, 6) is -0.772. The molecule has 4 heteroatoms. The van der Waals surface area contributed by atoms with E-state index in [2.05, 4.69) is 19.9 Å². The van der Waals surface area contributed by atoms with Crippen LogP contribution in [0.25, 0.3) is 0 Å². The molecule has 1 aliphatic rings. The van der Waals surface area contributed by atoms with Gasteiger partial charge in [-0.2, -0.15) is 0 Å². The third kappa shape index (κ3) is 3.84. The van der Waals surface area contributed by atoms with Crippen LogP contribution in [0, 0.1) is 17.3 Å². The van der Waals surface area contributed by atoms with E-state index in [0.29, 0.717) is 0 Å². The van der Waals surface area contributed by atoms with E-state index in [-0.39, 0.29) is 23.4 Å². The van der Waals surface area contributed by atoms with E-state index in [4.69, 9.17) is 9.47 Å². The van der Waals surface area contributed by atoms with Crippen LogP contribution < -0.4 is 0 Å². The second-order valence-electron chi connectivity index (χ2n) is 6.72. The Morgan fingerprint density at radius 1 is 1.15 bits per heavy atom. The lowest BCUT2D eigenvalue weighted by Gasteiger charge is -2.19. The highest BCUT2D eigenvalue weighted by atomic mass is 16.6. The SMILES string of the molecule is CC(=O)OC(C(=O)OC1C(C=C(C)C)C1(C)C)C(C)C. The standard InChI is InChI=1S/C16H26O4/c1-9(2)8-12-14(16(12,6)7)20-15(18)13(10(3)4)19-11(5)17/h8,10,12-14H,1-7H3. The van der Waals surface area contributed by atoms with E-state index in [1.807, 2.05) is 27.7 Å². The summed E-state index contributed by atoms with van der Waals surface area (Å²) in [4.78, 5) is 23.2. The van der Waals surface area contributed by atoms with Gasteiger partial charge in [-0.3, -0.25) is 4.79 Å². The molecule has 0 bridgehead atoms. The largest absolute Gasteiger partial charge is 0.458 e. The lowest BCUT2D eigenvalue weighted by molar-refractivity contribution is -0.171. The normalized spacial score (nSPS) is 24.8.